The molecule has 2 rings (SSSR count). The molecule has 0 fully saturated rings. The molecular weight excluding hydrogens is 334 g/mol. The van der Waals surface area contributed by atoms with Gasteiger partial charge in [0, 0.05) is 11.6 Å². The number of hydrogen-bond donors (Lipinski definition) is 1. The molecule has 0 aliphatic heterocycles. The van der Waals surface area contributed by atoms with Crippen LogP contribution in [0.1, 0.15) is 38.3 Å². The van der Waals surface area contributed by atoms with Gasteiger partial charge >= 0.3 is 0 Å². The van der Waals surface area contributed by atoms with E-state index in [0.717, 1.165) is 36.5 Å². The topological polar surface area (TPSA) is 32.7 Å². The highest BCUT2D eigenvalue weighted by Gasteiger charge is 2.29. The minimum atomic E-state index is -1.02. The average Bonchev–Trinajstić information content (AvgIpc) is 2.65. The van der Waals surface area contributed by atoms with Crippen LogP contribution in [0, 0.1) is 0 Å². The van der Waals surface area contributed by atoms with Crippen LogP contribution < -0.4 is 4.74 Å². The first kappa shape index (κ1) is 19.8. The van der Waals surface area contributed by atoms with Gasteiger partial charge in [-0.05, 0) is 54.9 Å². The van der Waals surface area contributed by atoms with E-state index in [9.17, 15) is 5.11 Å². The molecule has 2 aromatic rings. The molecule has 2 aromatic carbocycles. The molecule has 0 amide bonds. The van der Waals surface area contributed by atoms with E-state index in [2.05, 4.69) is 18.7 Å². The van der Waals surface area contributed by atoms with Gasteiger partial charge in [0.1, 0.15) is 18.0 Å². The fourth-order valence-corrected chi connectivity index (χ4v) is 3.09. The highest BCUT2D eigenvalue weighted by atomic mass is 35.5. The minimum Gasteiger partial charge on any atom is -0.492 e. The van der Waals surface area contributed by atoms with Gasteiger partial charge in [-0.15, -0.1) is 0 Å². The fourth-order valence-electron chi connectivity index (χ4n) is 2.96. The van der Waals surface area contributed by atoms with Crippen molar-refractivity contribution >= 4 is 11.6 Å². The molecular formula is C21H28ClNO2. The summed E-state index contributed by atoms with van der Waals surface area (Å²) < 4.78 is 5.82. The Morgan fingerprint density at radius 2 is 1.44 bits per heavy atom. The van der Waals surface area contributed by atoms with Crippen LogP contribution in [0.2, 0.25) is 5.02 Å². The second-order valence-corrected chi connectivity index (χ2v) is 6.56. The van der Waals surface area contributed by atoms with E-state index >= 15 is 0 Å². The summed E-state index contributed by atoms with van der Waals surface area (Å²) in [6, 6.07) is 15.1. The van der Waals surface area contributed by atoms with Crippen LogP contribution >= 0.6 is 11.6 Å². The molecule has 0 saturated carbocycles. The molecule has 0 bridgehead atoms. The minimum absolute atomic E-state index is 0.580. The van der Waals surface area contributed by atoms with Gasteiger partial charge in [0.05, 0.1) is 0 Å². The van der Waals surface area contributed by atoms with Crippen molar-refractivity contribution in [1.82, 2.24) is 4.90 Å². The molecule has 0 radical (unpaired) electrons. The molecule has 136 valence electrons. The quantitative estimate of drug-likeness (QED) is 0.702. The van der Waals surface area contributed by atoms with Gasteiger partial charge in [-0.3, -0.25) is 0 Å². The number of nitrogens with zero attached hydrogens (tertiary/aromatic N) is 1. The molecule has 3 nitrogen and oxygen atoms in total. The number of aliphatic hydroxyl groups is 1. The normalized spacial score (nSPS) is 13.7. The number of hydrogen-bond acceptors (Lipinski definition) is 3. The summed E-state index contributed by atoms with van der Waals surface area (Å²) in [4.78, 5) is 2.32. The number of ether oxygens (including phenoxy) is 1. The van der Waals surface area contributed by atoms with Crippen LogP contribution in [0.3, 0.4) is 0 Å². The Hall–Kier alpha value is -1.55. The molecule has 0 heterocycles. The molecule has 1 N–H and O–H groups in total. The van der Waals surface area contributed by atoms with Crippen LogP contribution in [0.25, 0.3) is 0 Å². The van der Waals surface area contributed by atoms with E-state index in [1.54, 1.807) is 0 Å². The lowest BCUT2D eigenvalue weighted by molar-refractivity contribution is 0.0764. The van der Waals surface area contributed by atoms with Crippen LogP contribution in [0.15, 0.2) is 48.5 Å². The Morgan fingerprint density at radius 1 is 0.920 bits per heavy atom. The van der Waals surface area contributed by atoms with Crippen LogP contribution in [0.4, 0.5) is 0 Å². The zero-order chi connectivity index (χ0) is 18.3. The Balaban J connectivity index is 2.08. The van der Waals surface area contributed by atoms with E-state index in [1.165, 1.54) is 0 Å². The Kier molecular flexibility index (Phi) is 7.30. The van der Waals surface area contributed by atoms with Crippen molar-refractivity contribution < 1.29 is 9.84 Å². The monoisotopic (exact) mass is 361 g/mol. The summed E-state index contributed by atoms with van der Waals surface area (Å²) in [5, 5.41) is 11.8. The fraction of sp³-hybridized carbons (Fsp3) is 0.429. The number of likely N-dealkylation sites (N-methyl/N-ethyl adjacent to an activating group) is 1. The lowest BCUT2D eigenvalue weighted by atomic mass is 9.84. The molecule has 4 heteroatoms. The molecule has 1 unspecified atom stereocenters. The average molecular weight is 362 g/mol. The van der Waals surface area contributed by atoms with E-state index in [0.29, 0.717) is 18.1 Å². The number of halogens is 1. The van der Waals surface area contributed by atoms with Gasteiger partial charge in [0.25, 0.3) is 0 Å². The van der Waals surface area contributed by atoms with Crippen molar-refractivity contribution in [2.45, 2.75) is 32.8 Å². The molecule has 0 aromatic heterocycles. The molecule has 0 spiro atoms. The van der Waals surface area contributed by atoms with E-state index < -0.39 is 5.60 Å². The third-order valence-corrected chi connectivity index (χ3v) is 4.99. The summed E-state index contributed by atoms with van der Waals surface area (Å²) in [6.45, 7) is 9.92. The lowest BCUT2D eigenvalue weighted by Gasteiger charge is -2.28. The second-order valence-electron chi connectivity index (χ2n) is 6.12. The maximum Gasteiger partial charge on any atom is 0.119 e. The zero-order valence-electron chi connectivity index (χ0n) is 15.3. The summed E-state index contributed by atoms with van der Waals surface area (Å²) >= 11 is 5.96. The van der Waals surface area contributed by atoms with E-state index in [-0.39, 0.29) is 0 Å². The molecule has 0 aliphatic rings. The maximum atomic E-state index is 11.2. The van der Waals surface area contributed by atoms with E-state index in [1.807, 2.05) is 55.5 Å². The Bertz CT molecular complexity index is 638. The van der Waals surface area contributed by atoms with Crippen molar-refractivity contribution in [3.05, 3.63) is 64.7 Å². The Morgan fingerprint density at radius 3 is 1.92 bits per heavy atom. The van der Waals surface area contributed by atoms with Crippen molar-refractivity contribution in [1.29, 1.82) is 0 Å². The summed E-state index contributed by atoms with van der Waals surface area (Å²) in [5.74, 6) is 0.825. The van der Waals surface area contributed by atoms with Gasteiger partial charge in [0.2, 0.25) is 0 Å². The zero-order valence-corrected chi connectivity index (χ0v) is 16.1. The summed E-state index contributed by atoms with van der Waals surface area (Å²) in [6.07, 6.45) is 0.580. The third-order valence-electron chi connectivity index (χ3n) is 4.74. The lowest BCUT2D eigenvalue weighted by Crippen LogP contribution is -2.28. The van der Waals surface area contributed by atoms with E-state index in [4.69, 9.17) is 16.3 Å². The standard InChI is InChI=1S/C21H28ClNO2/c1-4-21(24,17-7-11-19(22)12-8-17)18-9-13-20(14-10-18)25-16-15-23(5-2)6-3/h7-14,24H,4-6,15-16H2,1-3H3. The first-order valence-corrected chi connectivity index (χ1v) is 9.35. The predicted molar refractivity (Wildman–Crippen MR) is 104 cm³/mol. The smallest absolute Gasteiger partial charge is 0.119 e. The third kappa shape index (κ3) is 4.97. The van der Waals surface area contributed by atoms with Crippen LogP contribution in [-0.2, 0) is 5.60 Å². The van der Waals surface area contributed by atoms with Crippen molar-refractivity contribution in [3.63, 3.8) is 0 Å². The van der Waals surface area contributed by atoms with Gasteiger partial charge in [-0.2, -0.15) is 0 Å². The predicted octanol–water partition coefficient (Wildman–Crippen LogP) is 4.71. The molecule has 1 atom stereocenters. The first-order chi connectivity index (χ1) is 12.0. The summed E-state index contributed by atoms with van der Waals surface area (Å²) in [5.41, 5.74) is 0.674. The SMILES string of the molecule is CCN(CC)CCOc1ccc(C(O)(CC)c2ccc(Cl)cc2)cc1. The van der Waals surface area contributed by atoms with Crippen molar-refractivity contribution in [3.8, 4) is 5.75 Å². The van der Waals surface area contributed by atoms with Gasteiger partial charge in [0.15, 0.2) is 0 Å². The van der Waals surface area contributed by atoms with Gasteiger partial charge < -0.3 is 14.7 Å². The Labute approximate surface area is 156 Å². The maximum absolute atomic E-state index is 11.2. The second kappa shape index (κ2) is 9.23. The van der Waals surface area contributed by atoms with Gasteiger partial charge in [-0.1, -0.05) is 56.6 Å². The molecule has 25 heavy (non-hydrogen) atoms. The molecule has 0 saturated heterocycles. The highest BCUT2D eigenvalue weighted by Crippen LogP contribution is 2.34. The largest absolute Gasteiger partial charge is 0.492 e. The van der Waals surface area contributed by atoms with Crippen molar-refractivity contribution in [2.75, 3.05) is 26.2 Å². The van der Waals surface area contributed by atoms with Crippen LogP contribution in [0.5, 0.6) is 5.75 Å². The molecule has 0 aliphatic carbocycles. The first-order valence-electron chi connectivity index (χ1n) is 8.97. The highest BCUT2D eigenvalue weighted by molar-refractivity contribution is 6.30. The number of benzene rings is 2. The number of rotatable bonds is 9. The van der Waals surface area contributed by atoms with Crippen molar-refractivity contribution in [2.24, 2.45) is 0 Å². The van der Waals surface area contributed by atoms with Crippen LogP contribution in [-0.4, -0.2) is 36.2 Å². The summed E-state index contributed by atoms with van der Waals surface area (Å²) in [7, 11) is 0. The van der Waals surface area contributed by atoms with Gasteiger partial charge in [-0.25, -0.2) is 0 Å².